The first-order valence-corrected chi connectivity index (χ1v) is 11.3. The summed E-state index contributed by atoms with van der Waals surface area (Å²) < 4.78 is 11.1. The highest BCUT2D eigenvalue weighted by molar-refractivity contribution is 5.95. The highest BCUT2D eigenvalue weighted by Crippen LogP contribution is 2.32. The Labute approximate surface area is 178 Å². The minimum atomic E-state index is 0.0512. The maximum absolute atomic E-state index is 12.9. The first-order valence-electron chi connectivity index (χ1n) is 11.3. The van der Waals surface area contributed by atoms with Gasteiger partial charge in [-0.25, -0.2) is 0 Å². The van der Waals surface area contributed by atoms with Crippen molar-refractivity contribution >= 4 is 11.8 Å². The molecule has 0 aromatic heterocycles. The summed E-state index contributed by atoms with van der Waals surface area (Å²) >= 11 is 0. The molecule has 0 atom stereocenters. The number of hydrogen-bond acceptors (Lipinski definition) is 5. The Morgan fingerprint density at radius 2 is 1.63 bits per heavy atom. The van der Waals surface area contributed by atoms with Gasteiger partial charge in [0.05, 0.1) is 0 Å². The lowest BCUT2D eigenvalue weighted by atomic mass is 9.91. The molecule has 0 unspecified atom stereocenters. The van der Waals surface area contributed by atoms with Crippen LogP contribution in [0.3, 0.4) is 0 Å². The zero-order valence-electron chi connectivity index (χ0n) is 18.0. The minimum absolute atomic E-state index is 0.0512. The van der Waals surface area contributed by atoms with Crippen molar-refractivity contribution in [2.24, 2.45) is 5.92 Å². The summed E-state index contributed by atoms with van der Waals surface area (Å²) in [4.78, 5) is 31.7. The van der Waals surface area contributed by atoms with Gasteiger partial charge in [-0.15, -0.1) is 0 Å². The molecule has 7 nitrogen and oxygen atoms in total. The number of carbonyl (C=O) groups is 2. The number of piperidine rings is 1. The number of hydrogen-bond donors (Lipinski definition) is 0. The minimum Gasteiger partial charge on any atom is -0.486 e. The van der Waals surface area contributed by atoms with E-state index in [9.17, 15) is 9.59 Å². The molecule has 164 valence electrons. The molecular weight excluding hydrogens is 382 g/mol. The van der Waals surface area contributed by atoms with E-state index in [4.69, 9.17) is 9.47 Å². The average Bonchev–Trinajstić information content (AvgIpc) is 2.82. The molecule has 2 saturated heterocycles. The van der Waals surface area contributed by atoms with Gasteiger partial charge < -0.3 is 24.2 Å². The van der Waals surface area contributed by atoms with E-state index in [1.807, 2.05) is 21.9 Å². The second-order valence-electron chi connectivity index (χ2n) is 8.45. The maximum Gasteiger partial charge on any atom is 0.253 e. The predicted octanol–water partition coefficient (Wildman–Crippen LogP) is 2.25. The number of piperazine rings is 1. The van der Waals surface area contributed by atoms with Gasteiger partial charge in [0.1, 0.15) is 13.2 Å². The Balaban J connectivity index is 1.21. The van der Waals surface area contributed by atoms with Crippen LogP contribution in [0.15, 0.2) is 18.2 Å². The van der Waals surface area contributed by atoms with Crippen molar-refractivity contribution in [1.82, 2.24) is 14.7 Å². The average molecular weight is 416 g/mol. The van der Waals surface area contributed by atoms with Crippen LogP contribution in [0, 0.1) is 5.92 Å². The summed E-state index contributed by atoms with van der Waals surface area (Å²) in [7, 11) is 0. The Morgan fingerprint density at radius 3 is 2.33 bits per heavy atom. The van der Waals surface area contributed by atoms with E-state index in [1.54, 1.807) is 6.07 Å². The van der Waals surface area contributed by atoms with Gasteiger partial charge in [0.15, 0.2) is 11.5 Å². The zero-order valence-corrected chi connectivity index (χ0v) is 18.0. The number of ether oxygens (including phenoxy) is 2. The van der Waals surface area contributed by atoms with Crippen LogP contribution in [0.2, 0.25) is 0 Å². The van der Waals surface area contributed by atoms with E-state index in [1.165, 1.54) is 0 Å². The number of benzene rings is 1. The molecule has 3 aliphatic rings. The van der Waals surface area contributed by atoms with Crippen molar-refractivity contribution in [2.75, 3.05) is 59.0 Å². The summed E-state index contributed by atoms with van der Waals surface area (Å²) in [5.41, 5.74) is 0.652. The fourth-order valence-electron chi connectivity index (χ4n) is 4.58. The quantitative estimate of drug-likeness (QED) is 0.738. The fraction of sp³-hybridized carbons (Fsp3) is 0.652. The molecule has 0 spiro atoms. The number of nitrogens with zero attached hydrogens (tertiary/aromatic N) is 3. The molecule has 4 rings (SSSR count). The molecule has 0 N–H and O–H groups in total. The Morgan fingerprint density at radius 1 is 0.933 bits per heavy atom. The number of likely N-dealkylation sites (tertiary alicyclic amines) is 1. The van der Waals surface area contributed by atoms with Gasteiger partial charge in [-0.1, -0.05) is 6.92 Å². The zero-order chi connectivity index (χ0) is 20.9. The van der Waals surface area contributed by atoms with Crippen LogP contribution in [0.4, 0.5) is 0 Å². The van der Waals surface area contributed by atoms with E-state index in [0.717, 1.165) is 65.1 Å². The van der Waals surface area contributed by atoms with Crippen LogP contribution in [0.1, 0.15) is 43.0 Å². The molecule has 2 fully saturated rings. The fourth-order valence-corrected chi connectivity index (χ4v) is 4.58. The number of likely N-dealkylation sites (N-methyl/N-ethyl adjacent to an activating group) is 1. The number of rotatable bonds is 5. The van der Waals surface area contributed by atoms with Crippen LogP contribution in [0.25, 0.3) is 0 Å². The van der Waals surface area contributed by atoms with E-state index in [2.05, 4.69) is 11.8 Å². The molecule has 0 aliphatic carbocycles. The van der Waals surface area contributed by atoms with Gasteiger partial charge in [0.25, 0.3) is 5.91 Å². The van der Waals surface area contributed by atoms with E-state index >= 15 is 0 Å². The van der Waals surface area contributed by atoms with Crippen LogP contribution in [-0.2, 0) is 4.79 Å². The van der Waals surface area contributed by atoms with Crippen molar-refractivity contribution in [1.29, 1.82) is 0 Å². The SMILES string of the molecule is CCN1CCN(C(=O)CCC2CCN(C(=O)c3ccc4c(c3)OCCO4)CC2)CC1. The largest absolute Gasteiger partial charge is 0.486 e. The number of fused-ring (bicyclic) bond motifs is 1. The molecule has 0 saturated carbocycles. The third-order valence-corrected chi connectivity index (χ3v) is 6.63. The summed E-state index contributed by atoms with van der Waals surface area (Å²) in [6, 6.07) is 5.43. The molecule has 7 heteroatoms. The Bertz CT molecular complexity index is 753. The lowest BCUT2D eigenvalue weighted by molar-refractivity contribution is -0.133. The Hall–Kier alpha value is -2.28. The second kappa shape index (κ2) is 9.69. The predicted molar refractivity (Wildman–Crippen MR) is 114 cm³/mol. The van der Waals surface area contributed by atoms with Crippen LogP contribution >= 0.6 is 0 Å². The van der Waals surface area contributed by atoms with Crippen molar-refractivity contribution in [3.05, 3.63) is 23.8 Å². The van der Waals surface area contributed by atoms with Crippen molar-refractivity contribution in [3.8, 4) is 11.5 Å². The molecule has 30 heavy (non-hydrogen) atoms. The molecule has 2 amide bonds. The van der Waals surface area contributed by atoms with E-state index in [-0.39, 0.29) is 5.91 Å². The maximum atomic E-state index is 12.9. The number of amides is 2. The lowest BCUT2D eigenvalue weighted by Crippen LogP contribution is -2.48. The molecule has 0 bridgehead atoms. The van der Waals surface area contributed by atoms with E-state index in [0.29, 0.717) is 48.5 Å². The van der Waals surface area contributed by atoms with Crippen LogP contribution in [0.5, 0.6) is 11.5 Å². The summed E-state index contributed by atoms with van der Waals surface area (Å²) in [6.07, 6.45) is 3.49. The smallest absolute Gasteiger partial charge is 0.253 e. The van der Waals surface area contributed by atoms with E-state index < -0.39 is 0 Å². The normalized spacial score (nSPS) is 20.3. The van der Waals surface area contributed by atoms with Crippen LogP contribution in [-0.4, -0.2) is 85.5 Å². The molecule has 3 aliphatic heterocycles. The Kier molecular flexibility index (Phi) is 6.77. The first-order chi connectivity index (χ1) is 14.6. The topological polar surface area (TPSA) is 62.3 Å². The lowest BCUT2D eigenvalue weighted by Gasteiger charge is -2.35. The molecule has 3 heterocycles. The molecule has 0 radical (unpaired) electrons. The van der Waals surface area contributed by atoms with Crippen LogP contribution < -0.4 is 9.47 Å². The van der Waals surface area contributed by atoms with Gasteiger partial charge in [-0.05, 0) is 49.9 Å². The molecule has 1 aromatic rings. The highest BCUT2D eigenvalue weighted by atomic mass is 16.6. The van der Waals surface area contributed by atoms with Gasteiger partial charge in [0, 0.05) is 51.3 Å². The standard InChI is InChI=1S/C23H33N3O4/c1-2-24-11-13-25(14-12-24)22(27)6-3-18-7-9-26(10-8-18)23(28)19-4-5-20-21(17-19)30-16-15-29-20/h4-5,17-18H,2-3,6-16H2,1H3. The second-order valence-corrected chi connectivity index (χ2v) is 8.45. The van der Waals surface area contributed by atoms with Crippen molar-refractivity contribution < 1.29 is 19.1 Å². The number of carbonyl (C=O) groups excluding carboxylic acids is 2. The summed E-state index contributed by atoms with van der Waals surface area (Å²) in [6.45, 7) is 9.49. The van der Waals surface area contributed by atoms with Gasteiger partial charge >= 0.3 is 0 Å². The van der Waals surface area contributed by atoms with Gasteiger partial charge in [0.2, 0.25) is 5.91 Å². The first kappa shape index (κ1) is 21.0. The van der Waals surface area contributed by atoms with Crippen molar-refractivity contribution in [3.63, 3.8) is 0 Å². The van der Waals surface area contributed by atoms with Gasteiger partial charge in [-0.3, -0.25) is 9.59 Å². The summed E-state index contributed by atoms with van der Waals surface area (Å²) in [5.74, 6) is 2.23. The summed E-state index contributed by atoms with van der Waals surface area (Å²) in [5, 5.41) is 0. The molecular formula is C23H33N3O4. The third-order valence-electron chi connectivity index (χ3n) is 6.63. The monoisotopic (exact) mass is 415 g/mol. The van der Waals surface area contributed by atoms with Crippen molar-refractivity contribution in [2.45, 2.75) is 32.6 Å². The highest BCUT2D eigenvalue weighted by Gasteiger charge is 2.26. The van der Waals surface area contributed by atoms with Gasteiger partial charge in [-0.2, -0.15) is 0 Å². The third kappa shape index (κ3) is 4.89. The molecule has 1 aromatic carbocycles.